The number of amides is 2. The van der Waals surface area contributed by atoms with E-state index < -0.39 is 5.60 Å². The molecule has 1 aliphatic carbocycles. The van der Waals surface area contributed by atoms with Gasteiger partial charge in [0, 0.05) is 23.2 Å². The minimum Gasteiger partial charge on any atom is -0.444 e. The van der Waals surface area contributed by atoms with Gasteiger partial charge in [0.05, 0.1) is 0 Å². The van der Waals surface area contributed by atoms with Crippen LogP contribution in [0.3, 0.4) is 0 Å². The van der Waals surface area contributed by atoms with Gasteiger partial charge in [0.2, 0.25) is 0 Å². The number of carbonyl (C=O) groups is 2. The SMILES string of the molecule is CC(C)(C)OC(=O)N[C@@H]1C[C@H]1c1ccc(NC(=O)c2ccc(-c3ccccc3)cc2)cc1. The Morgan fingerprint density at radius 3 is 2.09 bits per heavy atom. The summed E-state index contributed by atoms with van der Waals surface area (Å²) in [7, 11) is 0. The summed E-state index contributed by atoms with van der Waals surface area (Å²) >= 11 is 0. The molecule has 4 rings (SSSR count). The van der Waals surface area contributed by atoms with Crippen LogP contribution in [0.25, 0.3) is 11.1 Å². The van der Waals surface area contributed by atoms with E-state index in [9.17, 15) is 9.59 Å². The summed E-state index contributed by atoms with van der Waals surface area (Å²) in [5.74, 6) is 0.131. The Kier molecular flexibility index (Phi) is 5.99. The van der Waals surface area contributed by atoms with Crippen LogP contribution in [0.4, 0.5) is 10.5 Å². The van der Waals surface area contributed by atoms with Gasteiger partial charge >= 0.3 is 6.09 Å². The third-order valence-electron chi connectivity index (χ3n) is 5.34. The van der Waals surface area contributed by atoms with Gasteiger partial charge in [-0.1, -0.05) is 54.6 Å². The van der Waals surface area contributed by atoms with E-state index in [2.05, 4.69) is 10.6 Å². The van der Waals surface area contributed by atoms with Crippen LogP contribution in [0.2, 0.25) is 0 Å². The molecular weight excluding hydrogens is 400 g/mol. The molecule has 5 nitrogen and oxygen atoms in total. The lowest BCUT2D eigenvalue weighted by molar-refractivity contribution is 0.0522. The molecule has 32 heavy (non-hydrogen) atoms. The Balaban J connectivity index is 1.31. The highest BCUT2D eigenvalue weighted by Crippen LogP contribution is 2.41. The summed E-state index contributed by atoms with van der Waals surface area (Å²) in [6.45, 7) is 5.55. The van der Waals surface area contributed by atoms with Gasteiger partial charge in [0.25, 0.3) is 5.91 Å². The number of carbonyl (C=O) groups excluding carboxylic acids is 2. The number of anilines is 1. The molecule has 1 aliphatic rings. The maximum absolute atomic E-state index is 12.6. The van der Waals surface area contributed by atoms with E-state index in [0.29, 0.717) is 5.56 Å². The molecule has 3 aromatic carbocycles. The van der Waals surface area contributed by atoms with Crippen LogP contribution in [0.5, 0.6) is 0 Å². The van der Waals surface area contributed by atoms with Crippen LogP contribution in [0.15, 0.2) is 78.9 Å². The molecule has 2 N–H and O–H groups in total. The van der Waals surface area contributed by atoms with Crippen molar-refractivity contribution >= 4 is 17.7 Å². The van der Waals surface area contributed by atoms with Crippen molar-refractivity contribution in [2.24, 2.45) is 0 Å². The summed E-state index contributed by atoms with van der Waals surface area (Å²) in [6, 6.07) is 25.5. The summed E-state index contributed by atoms with van der Waals surface area (Å²) < 4.78 is 5.31. The topological polar surface area (TPSA) is 67.4 Å². The fourth-order valence-corrected chi connectivity index (χ4v) is 3.64. The third-order valence-corrected chi connectivity index (χ3v) is 5.34. The molecule has 0 aromatic heterocycles. The predicted octanol–water partition coefficient (Wildman–Crippen LogP) is 5.99. The van der Waals surface area contributed by atoms with Crippen LogP contribution in [0, 0.1) is 0 Å². The summed E-state index contributed by atoms with van der Waals surface area (Å²) in [6.07, 6.45) is 0.505. The average Bonchev–Trinajstić information content (AvgIpc) is 3.52. The van der Waals surface area contributed by atoms with Crippen LogP contribution < -0.4 is 10.6 Å². The Bertz CT molecular complexity index is 1080. The van der Waals surface area contributed by atoms with E-state index in [-0.39, 0.29) is 24.0 Å². The smallest absolute Gasteiger partial charge is 0.407 e. The van der Waals surface area contributed by atoms with E-state index in [1.54, 1.807) is 0 Å². The Morgan fingerprint density at radius 1 is 0.844 bits per heavy atom. The molecule has 0 bridgehead atoms. The number of ether oxygens (including phenoxy) is 1. The predicted molar refractivity (Wildman–Crippen MR) is 127 cm³/mol. The largest absolute Gasteiger partial charge is 0.444 e. The van der Waals surface area contributed by atoms with E-state index in [4.69, 9.17) is 4.74 Å². The summed E-state index contributed by atoms with van der Waals surface area (Å²) in [5, 5.41) is 5.86. The minimum atomic E-state index is -0.504. The van der Waals surface area contributed by atoms with E-state index >= 15 is 0 Å². The van der Waals surface area contributed by atoms with Crippen LogP contribution in [-0.2, 0) is 4.74 Å². The monoisotopic (exact) mass is 428 g/mol. The van der Waals surface area contributed by atoms with E-state index in [1.165, 1.54) is 0 Å². The molecule has 0 aliphatic heterocycles. The zero-order valence-corrected chi connectivity index (χ0v) is 18.6. The molecular formula is C27H28N2O3. The van der Waals surface area contributed by atoms with Crippen LogP contribution >= 0.6 is 0 Å². The first-order valence-electron chi connectivity index (χ1n) is 10.8. The second-order valence-electron chi connectivity index (χ2n) is 9.11. The van der Waals surface area contributed by atoms with Crippen molar-refractivity contribution < 1.29 is 14.3 Å². The standard InChI is InChI=1S/C27H28N2O3/c1-27(2,3)32-26(31)29-24-17-23(24)20-13-15-22(16-14-20)28-25(30)21-11-9-19(10-12-21)18-7-5-4-6-8-18/h4-16,23-24H,17H2,1-3H3,(H,28,30)(H,29,31)/t23-,24+/m0/s1. The zero-order chi connectivity index (χ0) is 22.7. The van der Waals surface area contributed by atoms with Crippen molar-refractivity contribution in [3.05, 3.63) is 90.0 Å². The van der Waals surface area contributed by atoms with Gasteiger partial charge in [-0.05, 0) is 68.1 Å². The van der Waals surface area contributed by atoms with Gasteiger partial charge in [-0.3, -0.25) is 4.79 Å². The van der Waals surface area contributed by atoms with E-state index in [0.717, 1.165) is 28.8 Å². The quantitative estimate of drug-likeness (QED) is 0.525. The van der Waals surface area contributed by atoms with Crippen molar-refractivity contribution in [2.45, 2.75) is 44.8 Å². The fraction of sp³-hybridized carbons (Fsp3) is 0.259. The molecule has 0 spiro atoms. The van der Waals surface area contributed by atoms with E-state index in [1.807, 2.05) is 99.6 Å². The van der Waals surface area contributed by atoms with Crippen molar-refractivity contribution in [3.8, 4) is 11.1 Å². The fourth-order valence-electron chi connectivity index (χ4n) is 3.64. The molecule has 5 heteroatoms. The molecule has 0 heterocycles. The molecule has 1 fully saturated rings. The second kappa shape index (κ2) is 8.87. The molecule has 0 saturated heterocycles. The Morgan fingerprint density at radius 2 is 1.47 bits per heavy atom. The summed E-state index contributed by atoms with van der Waals surface area (Å²) in [4.78, 5) is 24.5. The highest BCUT2D eigenvalue weighted by atomic mass is 16.6. The lowest BCUT2D eigenvalue weighted by Gasteiger charge is -2.19. The maximum Gasteiger partial charge on any atom is 0.407 e. The van der Waals surface area contributed by atoms with Gasteiger partial charge in [0.15, 0.2) is 0 Å². The minimum absolute atomic E-state index is 0.0911. The van der Waals surface area contributed by atoms with Crippen molar-refractivity contribution in [2.75, 3.05) is 5.32 Å². The molecule has 0 radical (unpaired) electrons. The van der Waals surface area contributed by atoms with Crippen LogP contribution in [-0.4, -0.2) is 23.6 Å². The molecule has 0 unspecified atom stereocenters. The van der Waals surface area contributed by atoms with Gasteiger partial charge in [-0.2, -0.15) is 0 Å². The number of rotatable bonds is 5. The number of hydrogen-bond donors (Lipinski definition) is 2. The number of benzene rings is 3. The van der Waals surface area contributed by atoms with Crippen molar-refractivity contribution in [1.82, 2.24) is 5.32 Å². The van der Waals surface area contributed by atoms with Gasteiger partial charge in [-0.15, -0.1) is 0 Å². The lowest BCUT2D eigenvalue weighted by Crippen LogP contribution is -2.34. The number of hydrogen-bond acceptors (Lipinski definition) is 3. The van der Waals surface area contributed by atoms with Crippen molar-refractivity contribution in [1.29, 1.82) is 0 Å². The highest BCUT2D eigenvalue weighted by molar-refractivity contribution is 6.04. The average molecular weight is 429 g/mol. The highest BCUT2D eigenvalue weighted by Gasteiger charge is 2.40. The third kappa shape index (κ3) is 5.55. The molecule has 2 atom stereocenters. The normalized spacial score (nSPS) is 17.3. The molecule has 3 aromatic rings. The van der Waals surface area contributed by atoms with Crippen molar-refractivity contribution in [3.63, 3.8) is 0 Å². The van der Waals surface area contributed by atoms with Gasteiger partial charge in [-0.25, -0.2) is 4.79 Å². The Labute approximate surface area is 188 Å². The number of nitrogens with one attached hydrogen (secondary N) is 2. The summed E-state index contributed by atoms with van der Waals surface area (Å²) in [5.41, 5.74) is 4.17. The molecule has 1 saturated carbocycles. The first kappa shape index (κ1) is 21.6. The first-order valence-corrected chi connectivity index (χ1v) is 10.8. The van der Waals surface area contributed by atoms with Gasteiger partial charge < -0.3 is 15.4 Å². The number of alkyl carbamates (subject to hydrolysis) is 1. The molecule has 2 amide bonds. The zero-order valence-electron chi connectivity index (χ0n) is 18.6. The maximum atomic E-state index is 12.6. The first-order chi connectivity index (χ1) is 15.3. The van der Waals surface area contributed by atoms with Gasteiger partial charge in [0.1, 0.15) is 5.60 Å². The Hall–Kier alpha value is -3.60. The molecule has 164 valence electrons. The lowest BCUT2D eigenvalue weighted by atomic mass is 10.0. The second-order valence-corrected chi connectivity index (χ2v) is 9.11. The van der Waals surface area contributed by atoms with Crippen LogP contribution in [0.1, 0.15) is 49.0 Å².